The Labute approximate surface area is 117 Å². The molecule has 1 N–H and O–H groups in total. The minimum atomic E-state index is -0.181. The maximum atomic E-state index is 13.5. The van der Waals surface area contributed by atoms with Gasteiger partial charge in [-0.2, -0.15) is 0 Å². The van der Waals surface area contributed by atoms with Gasteiger partial charge in [0.05, 0.1) is 4.47 Å². The molecule has 1 heterocycles. The first-order valence-corrected chi connectivity index (χ1v) is 7.17. The normalized spacial score (nSPS) is 20.7. The van der Waals surface area contributed by atoms with Crippen LogP contribution >= 0.6 is 15.9 Å². The lowest BCUT2D eigenvalue weighted by atomic mass is 10.1. The van der Waals surface area contributed by atoms with Crippen molar-refractivity contribution in [3.63, 3.8) is 0 Å². The summed E-state index contributed by atoms with van der Waals surface area (Å²) < 4.78 is 14.1. The number of hydrogen-bond donors (Lipinski definition) is 1. The van der Waals surface area contributed by atoms with Gasteiger partial charge in [0.2, 0.25) is 0 Å². The van der Waals surface area contributed by atoms with Crippen molar-refractivity contribution in [2.75, 3.05) is 19.6 Å². The van der Waals surface area contributed by atoms with Gasteiger partial charge in [-0.15, -0.1) is 0 Å². The van der Waals surface area contributed by atoms with E-state index in [0.717, 1.165) is 38.2 Å². The van der Waals surface area contributed by atoms with Crippen molar-refractivity contribution in [3.8, 4) is 0 Å². The van der Waals surface area contributed by atoms with Crippen molar-refractivity contribution in [2.45, 2.75) is 32.4 Å². The van der Waals surface area contributed by atoms with E-state index in [0.29, 0.717) is 4.47 Å². The standard InChI is InChI=1S/C14H20BrFN2/c1-14(2)10-18(8-4-7-17-14)9-11-5-3-6-12(16)13(11)15/h3,5-6,17H,4,7-10H2,1-2H3. The SMILES string of the molecule is CC1(C)CN(Cc2cccc(F)c2Br)CCCN1. The molecule has 2 rings (SSSR count). The largest absolute Gasteiger partial charge is 0.310 e. The third-order valence-electron chi connectivity index (χ3n) is 3.30. The van der Waals surface area contributed by atoms with Gasteiger partial charge in [-0.3, -0.25) is 4.90 Å². The minimum absolute atomic E-state index is 0.121. The maximum absolute atomic E-state index is 13.5. The van der Waals surface area contributed by atoms with Gasteiger partial charge in [-0.1, -0.05) is 12.1 Å². The van der Waals surface area contributed by atoms with Gasteiger partial charge in [-0.25, -0.2) is 4.39 Å². The number of nitrogens with one attached hydrogen (secondary N) is 1. The molecule has 0 amide bonds. The maximum Gasteiger partial charge on any atom is 0.137 e. The molecule has 2 nitrogen and oxygen atoms in total. The second kappa shape index (κ2) is 5.68. The van der Waals surface area contributed by atoms with Crippen LogP contribution in [0.25, 0.3) is 0 Å². The number of rotatable bonds is 2. The zero-order valence-corrected chi connectivity index (χ0v) is 12.6. The summed E-state index contributed by atoms with van der Waals surface area (Å²) in [4.78, 5) is 2.39. The van der Waals surface area contributed by atoms with Crippen LogP contribution in [-0.4, -0.2) is 30.1 Å². The summed E-state index contributed by atoms with van der Waals surface area (Å²) in [5.41, 5.74) is 1.14. The Morgan fingerprint density at radius 2 is 2.22 bits per heavy atom. The lowest BCUT2D eigenvalue weighted by Crippen LogP contribution is -2.46. The monoisotopic (exact) mass is 314 g/mol. The van der Waals surface area contributed by atoms with E-state index in [4.69, 9.17) is 0 Å². The summed E-state index contributed by atoms with van der Waals surface area (Å²) in [6.07, 6.45) is 1.14. The molecule has 0 aliphatic carbocycles. The summed E-state index contributed by atoms with van der Waals surface area (Å²) >= 11 is 3.34. The molecule has 0 aromatic heterocycles. The van der Waals surface area contributed by atoms with Gasteiger partial charge in [-0.05, 0) is 60.9 Å². The molecule has 1 aromatic carbocycles. The number of benzene rings is 1. The van der Waals surface area contributed by atoms with Gasteiger partial charge in [0.1, 0.15) is 5.82 Å². The topological polar surface area (TPSA) is 15.3 Å². The fourth-order valence-electron chi connectivity index (χ4n) is 2.47. The highest BCUT2D eigenvalue weighted by molar-refractivity contribution is 9.10. The second-order valence-corrected chi connectivity index (χ2v) is 6.38. The van der Waals surface area contributed by atoms with E-state index in [-0.39, 0.29) is 11.4 Å². The molecular weight excluding hydrogens is 295 g/mol. The van der Waals surface area contributed by atoms with Crippen LogP contribution in [0.5, 0.6) is 0 Å². The molecule has 1 aliphatic rings. The van der Waals surface area contributed by atoms with Crippen molar-refractivity contribution >= 4 is 15.9 Å². The summed E-state index contributed by atoms with van der Waals surface area (Å²) in [5.74, 6) is -0.181. The van der Waals surface area contributed by atoms with E-state index in [1.54, 1.807) is 6.07 Å². The van der Waals surface area contributed by atoms with Gasteiger partial charge in [0.15, 0.2) is 0 Å². The first kappa shape index (κ1) is 14.0. The summed E-state index contributed by atoms with van der Waals surface area (Å²) in [6, 6.07) is 5.25. The van der Waals surface area contributed by atoms with Crippen molar-refractivity contribution in [3.05, 3.63) is 34.1 Å². The molecule has 18 heavy (non-hydrogen) atoms. The third-order valence-corrected chi connectivity index (χ3v) is 4.19. The molecule has 0 saturated carbocycles. The molecule has 1 saturated heterocycles. The quantitative estimate of drug-likeness (QED) is 0.902. The van der Waals surface area contributed by atoms with E-state index in [9.17, 15) is 4.39 Å². The van der Waals surface area contributed by atoms with Gasteiger partial charge in [0, 0.05) is 18.6 Å². The first-order valence-electron chi connectivity index (χ1n) is 6.38. The smallest absolute Gasteiger partial charge is 0.137 e. The van der Waals surface area contributed by atoms with Gasteiger partial charge in [0.25, 0.3) is 0 Å². The Balaban J connectivity index is 2.10. The number of nitrogens with zero attached hydrogens (tertiary/aromatic N) is 1. The number of halogens is 2. The Bertz CT molecular complexity index is 420. The Morgan fingerprint density at radius 3 is 3.00 bits per heavy atom. The van der Waals surface area contributed by atoms with Crippen LogP contribution in [-0.2, 0) is 6.54 Å². The molecule has 1 fully saturated rings. The third kappa shape index (κ3) is 3.53. The van der Waals surface area contributed by atoms with Gasteiger partial charge < -0.3 is 5.32 Å². The minimum Gasteiger partial charge on any atom is -0.310 e. The van der Waals surface area contributed by atoms with Crippen molar-refractivity contribution < 1.29 is 4.39 Å². The van der Waals surface area contributed by atoms with E-state index < -0.39 is 0 Å². The Hall–Kier alpha value is -0.450. The van der Waals surface area contributed by atoms with Crippen LogP contribution in [0.2, 0.25) is 0 Å². The van der Waals surface area contributed by atoms with Crippen molar-refractivity contribution in [2.24, 2.45) is 0 Å². The molecule has 1 aliphatic heterocycles. The highest BCUT2D eigenvalue weighted by Crippen LogP contribution is 2.23. The number of hydrogen-bond acceptors (Lipinski definition) is 2. The van der Waals surface area contributed by atoms with Crippen LogP contribution in [0.4, 0.5) is 4.39 Å². The lowest BCUT2D eigenvalue weighted by molar-refractivity contribution is 0.223. The molecule has 0 spiro atoms. The van der Waals surface area contributed by atoms with Crippen molar-refractivity contribution in [1.29, 1.82) is 0 Å². The fraction of sp³-hybridized carbons (Fsp3) is 0.571. The zero-order valence-electron chi connectivity index (χ0n) is 11.0. The van der Waals surface area contributed by atoms with Crippen LogP contribution < -0.4 is 5.32 Å². The summed E-state index contributed by atoms with van der Waals surface area (Å²) in [6.45, 7) is 8.31. The first-order chi connectivity index (χ1) is 8.48. The molecular formula is C14H20BrFN2. The van der Waals surface area contributed by atoms with Crippen LogP contribution in [0.1, 0.15) is 25.8 Å². The molecule has 0 unspecified atom stereocenters. The molecule has 0 atom stereocenters. The van der Waals surface area contributed by atoms with Crippen LogP contribution in [0, 0.1) is 5.82 Å². The fourth-order valence-corrected chi connectivity index (χ4v) is 2.86. The van der Waals surface area contributed by atoms with E-state index >= 15 is 0 Å². The Morgan fingerprint density at radius 1 is 1.44 bits per heavy atom. The molecule has 1 aromatic rings. The Kier molecular flexibility index (Phi) is 4.41. The molecule has 0 bridgehead atoms. The summed E-state index contributed by atoms with van der Waals surface area (Å²) in [5, 5.41) is 3.54. The van der Waals surface area contributed by atoms with Crippen LogP contribution in [0.15, 0.2) is 22.7 Å². The zero-order chi connectivity index (χ0) is 13.2. The molecule has 0 radical (unpaired) electrons. The van der Waals surface area contributed by atoms with E-state index in [1.807, 2.05) is 6.07 Å². The van der Waals surface area contributed by atoms with E-state index in [1.165, 1.54) is 6.07 Å². The second-order valence-electron chi connectivity index (χ2n) is 5.59. The molecule has 4 heteroatoms. The highest BCUT2D eigenvalue weighted by atomic mass is 79.9. The van der Waals surface area contributed by atoms with Crippen molar-refractivity contribution in [1.82, 2.24) is 10.2 Å². The van der Waals surface area contributed by atoms with E-state index in [2.05, 4.69) is 40.0 Å². The van der Waals surface area contributed by atoms with Crippen LogP contribution in [0.3, 0.4) is 0 Å². The lowest BCUT2D eigenvalue weighted by Gasteiger charge is -2.30. The predicted octanol–water partition coefficient (Wildman–Crippen LogP) is 3.16. The average Bonchev–Trinajstić information content (AvgIpc) is 2.46. The predicted molar refractivity (Wildman–Crippen MR) is 76.1 cm³/mol. The van der Waals surface area contributed by atoms with Gasteiger partial charge >= 0.3 is 0 Å². The highest BCUT2D eigenvalue weighted by Gasteiger charge is 2.24. The average molecular weight is 315 g/mol. The molecule has 100 valence electrons. The summed E-state index contributed by atoms with van der Waals surface area (Å²) in [7, 11) is 0.